The predicted molar refractivity (Wildman–Crippen MR) is 114 cm³/mol. The van der Waals surface area contributed by atoms with Gasteiger partial charge in [0.15, 0.2) is 6.29 Å². The number of aliphatic hydroxyl groups is 1. The molecule has 26 heavy (non-hydrogen) atoms. The lowest BCUT2D eigenvalue weighted by Gasteiger charge is -2.04. The Morgan fingerprint density at radius 3 is 0.846 bits per heavy atom. The maximum atomic E-state index is 10.1. The number of unbranched alkanes of at least 4 members (excludes halogenated alkanes) is 21. The van der Waals surface area contributed by atoms with E-state index in [4.69, 9.17) is 5.11 Å². The van der Waals surface area contributed by atoms with E-state index < -0.39 is 0 Å². The van der Waals surface area contributed by atoms with Crippen LogP contribution in [0.5, 0.6) is 0 Å². The molecular formula is C24H47O2. The highest BCUT2D eigenvalue weighted by Gasteiger charge is 1.95. The molecule has 155 valence electrons. The van der Waals surface area contributed by atoms with Crippen molar-refractivity contribution in [2.24, 2.45) is 0 Å². The van der Waals surface area contributed by atoms with E-state index in [0.717, 1.165) is 12.8 Å². The molecule has 0 aliphatic rings. The first-order chi connectivity index (χ1) is 12.9. The first kappa shape index (κ1) is 25.6. The molecule has 1 N–H and O–H groups in total. The smallest absolute Gasteiger partial charge is 0.198 e. The van der Waals surface area contributed by atoms with Crippen molar-refractivity contribution >= 4 is 6.29 Å². The SMILES string of the molecule is O=[C]CCCCCCCCCCCCCCCCCCCCCCCO. The zero-order chi connectivity index (χ0) is 19.0. The van der Waals surface area contributed by atoms with Crippen molar-refractivity contribution < 1.29 is 9.90 Å². The summed E-state index contributed by atoms with van der Waals surface area (Å²) in [5, 5.41) is 8.72. The second kappa shape index (κ2) is 24.6. The van der Waals surface area contributed by atoms with Crippen molar-refractivity contribution in [1.82, 2.24) is 0 Å². The molecule has 0 atom stereocenters. The average molecular weight is 368 g/mol. The van der Waals surface area contributed by atoms with E-state index in [2.05, 4.69) is 0 Å². The molecule has 0 saturated carbocycles. The summed E-state index contributed by atoms with van der Waals surface area (Å²) in [7, 11) is 0. The summed E-state index contributed by atoms with van der Waals surface area (Å²) in [6.45, 7) is 0.364. The fourth-order valence-electron chi connectivity index (χ4n) is 3.67. The van der Waals surface area contributed by atoms with Gasteiger partial charge in [0, 0.05) is 13.0 Å². The Kier molecular flexibility index (Phi) is 24.3. The Labute approximate surface area is 164 Å². The van der Waals surface area contributed by atoms with Crippen LogP contribution >= 0.6 is 0 Å². The minimum Gasteiger partial charge on any atom is -0.396 e. The van der Waals surface area contributed by atoms with Gasteiger partial charge in [-0.1, -0.05) is 122 Å². The van der Waals surface area contributed by atoms with Crippen LogP contribution in [0.15, 0.2) is 0 Å². The van der Waals surface area contributed by atoms with Gasteiger partial charge in [-0.2, -0.15) is 0 Å². The molecule has 0 aliphatic carbocycles. The van der Waals surface area contributed by atoms with E-state index in [1.54, 1.807) is 0 Å². The lowest BCUT2D eigenvalue weighted by Crippen LogP contribution is -1.85. The molecule has 0 aromatic carbocycles. The Morgan fingerprint density at radius 1 is 0.385 bits per heavy atom. The van der Waals surface area contributed by atoms with Gasteiger partial charge in [-0.25, -0.2) is 0 Å². The Balaban J connectivity index is 2.96. The van der Waals surface area contributed by atoms with Crippen LogP contribution in [-0.2, 0) is 4.79 Å². The molecular weight excluding hydrogens is 320 g/mol. The van der Waals surface area contributed by atoms with Gasteiger partial charge in [0.1, 0.15) is 0 Å². The molecule has 2 heteroatoms. The first-order valence-corrected chi connectivity index (χ1v) is 11.9. The second-order valence-electron chi connectivity index (χ2n) is 8.04. The molecule has 1 radical (unpaired) electrons. The predicted octanol–water partition coefficient (Wildman–Crippen LogP) is 7.67. The van der Waals surface area contributed by atoms with Crippen LogP contribution < -0.4 is 0 Å². The van der Waals surface area contributed by atoms with Gasteiger partial charge in [0.05, 0.1) is 0 Å². The molecule has 0 amide bonds. The van der Waals surface area contributed by atoms with E-state index in [0.29, 0.717) is 13.0 Å². The van der Waals surface area contributed by atoms with Crippen LogP contribution in [-0.4, -0.2) is 18.0 Å². The maximum Gasteiger partial charge on any atom is 0.198 e. The lowest BCUT2D eigenvalue weighted by atomic mass is 10.0. The highest BCUT2D eigenvalue weighted by molar-refractivity contribution is 5.50. The molecule has 0 heterocycles. The number of hydrogen-bond donors (Lipinski definition) is 1. The standard InChI is InChI=1S/C24H47O2/c25-23-21-19-17-15-13-11-9-7-5-3-1-2-4-6-8-10-12-14-16-18-20-22-24-26/h25H,1-23H2. The highest BCUT2D eigenvalue weighted by Crippen LogP contribution is 2.15. The molecule has 0 unspecified atom stereocenters. The normalized spacial score (nSPS) is 11.1. The monoisotopic (exact) mass is 367 g/mol. The van der Waals surface area contributed by atoms with E-state index in [1.807, 2.05) is 6.29 Å². The third-order valence-electron chi connectivity index (χ3n) is 5.44. The minimum absolute atomic E-state index is 0.364. The van der Waals surface area contributed by atoms with Crippen molar-refractivity contribution in [3.8, 4) is 0 Å². The van der Waals surface area contributed by atoms with E-state index >= 15 is 0 Å². The topological polar surface area (TPSA) is 37.3 Å². The number of rotatable bonds is 23. The largest absolute Gasteiger partial charge is 0.396 e. The fraction of sp³-hybridized carbons (Fsp3) is 0.958. The van der Waals surface area contributed by atoms with Crippen LogP contribution in [0.2, 0.25) is 0 Å². The van der Waals surface area contributed by atoms with Gasteiger partial charge in [0.2, 0.25) is 0 Å². The van der Waals surface area contributed by atoms with Crippen LogP contribution in [0.3, 0.4) is 0 Å². The Morgan fingerprint density at radius 2 is 0.615 bits per heavy atom. The third-order valence-corrected chi connectivity index (χ3v) is 5.44. The minimum atomic E-state index is 0.364. The van der Waals surface area contributed by atoms with Crippen LogP contribution in [0, 0.1) is 0 Å². The summed E-state index contributed by atoms with van der Waals surface area (Å²) in [6.07, 6.45) is 30.8. The number of aliphatic hydroxyl groups excluding tert-OH is 1. The first-order valence-electron chi connectivity index (χ1n) is 11.9. The van der Waals surface area contributed by atoms with Gasteiger partial charge in [-0.05, 0) is 12.8 Å². The summed E-state index contributed by atoms with van der Waals surface area (Å²) >= 11 is 0. The molecule has 0 bridgehead atoms. The second-order valence-corrected chi connectivity index (χ2v) is 8.04. The van der Waals surface area contributed by atoms with Crippen LogP contribution in [0.4, 0.5) is 0 Å². The zero-order valence-electron chi connectivity index (χ0n) is 17.6. The highest BCUT2D eigenvalue weighted by atomic mass is 16.2. The molecule has 0 aromatic heterocycles. The molecule has 0 spiro atoms. The molecule has 0 aromatic rings. The molecule has 0 aliphatic heterocycles. The maximum absolute atomic E-state index is 10.1. The number of hydrogen-bond acceptors (Lipinski definition) is 2. The summed E-state index contributed by atoms with van der Waals surface area (Å²) in [6, 6.07) is 0. The quantitative estimate of drug-likeness (QED) is 0.188. The van der Waals surface area contributed by atoms with Crippen molar-refractivity contribution in [3.63, 3.8) is 0 Å². The van der Waals surface area contributed by atoms with E-state index in [1.165, 1.54) is 122 Å². The number of carbonyl (C=O) groups excluding carboxylic acids is 1. The van der Waals surface area contributed by atoms with Gasteiger partial charge >= 0.3 is 0 Å². The average Bonchev–Trinajstić information content (AvgIpc) is 2.66. The summed E-state index contributed by atoms with van der Waals surface area (Å²) in [5.74, 6) is 0. The van der Waals surface area contributed by atoms with Crippen molar-refractivity contribution in [2.75, 3.05) is 6.61 Å². The zero-order valence-corrected chi connectivity index (χ0v) is 17.6. The van der Waals surface area contributed by atoms with Crippen LogP contribution in [0.25, 0.3) is 0 Å². The van der Waals surface area contributed by atoms with Crippen molar-refractivity contribution in [3.05, 3.63) is 0 Å². The van der Waals surface area contributed by atoms with Gasteiger partial charge in [-0.15, -0.1) is 0 Å². The van der Waals surface area contributed by atoms with Crippen molar-refractivity contribution in [2.45, 2.75) is 141 Å². The van der Waals surface area contributed by atoms with Gasteiger partial charge < -0.3 is 5.11 Å². The van der Waals surface area contributed by atoms with Crippen molar-refractivity contribution in [1.29, 1.82) is 0 Å². The summed E-state index contributed by atoms with van der Waals surface area (Å²) in [5.41, 5.74) is 0. The lowest BCUT2D eigenvalue weighted by molar-refractivity contribution is 0.282. The Bertz CT molecular complexity index is 253. The fourth-order valence-corrected chi connectivity index (χ4v) is 3.67. The van der Waals surface area contributed by atoms with E-state index in [9.17, 15) is 4.79 Å². The van der Waals surface area contributed by atoms with Crippen LogP contribution in [0.1, 0.15) is 141 Å². The molecule has 0 fully saturated rings. The molecule has 2 nitrogen and oxygen atoms in total. The Hall–Kier alpha value is -0.370. The van der Waals surface area contributed by atoms with Gasteiger partial charge in [0.25, 0.3) is 0 Å². The summed E-state index contributed by atoms with van der Waals surface area (Å²) in [4.78, 5) is 10.1. The third kappa shape index (κ3) is 23.6. The van der Waals surface area contributed by atoms with E-state index in [-0.39, 0.29) is 0 Å². The molecule has 0 saturated heterocycles. The molecule has 0 rings (SSSR count). The van der Waals surface area contributed by atoms with Gasteiger partial charge in [-0.3, -0.25) is 4.79 Å². The summed E-state index contributed by atoms with van der Waals surface area (Å²) < 4.78 is 0.